The number of hydrogen-bond donors (Lipinski definition) is 1. The van der Waals surface area contributed by atoms with E-state index in [0.29, 0.717) is 23.4 Å². The van der Waals surface area contributed by atoms with Gasteiger partial charge in [-0.05, 0) is 51.1 Å². The maximum absolute atomic E-state index is 13.3. The van der Waals surface area contributed by atoms with Gasteiger partial charge in [0.25, 0.3) is 0 Å². The smallest absolute Gasteiger partial charge is 0.214 e. The van der Waals surface area contributed by atoms with Crippen LogP contribution in [0.5, 0.6) is 5.88 Å². The van der Waals surface area contributed by atoms with E-state index in [1.807, 2.05) is 32.9 Å². The molecule has 2 heterocycles. The van der Waals surface area contributed by atoms with Gasteiger partial charge in [0.15, 0.2) is 0 Å². The molecule has 5 nitrogen and oxygen atoms in total. The maximum atomic E-state index is 13.3. The summed E-state index contributed by atoms with van der Waals surface area (Å²) >= 11 is -1.35. The van der Waals surface area contributed by atoms with Crippen LogP contribution in [0.2, 0.25) is 0 Å². The molecule has 7 heteroatoms. The molecular formula is C21H24FN3O2S. The average Bonchev–Trinajstić information content (AvgIpc) is 3.07. The Morgan fingerprint density at radius 2 is 1.89 bits per heavy atom. The molecule has 1 aromatic heterocycles. The Morgan fingerprint density at radius 3 is 2.54 bits per heavy atom. The van der Waals surface area contributed by atoms with E-state index >= 15 is 0 Å². The number of ether oxygens (including phenoxy) is 1. The Kier molecular flexibility index (Phi) is 5.16. The summed E-state index contributed by atoms with van der Waals surface area (Å²) in [6.07, 6.45) is 1.78. The summed E-state index contributed by atoms with van der Waals surface area (Å²) in [6, 6.07) is 9.85. The number of halogens is 1. The highest BCUT2D eigenvalue weighted by atomic mass is 32.2. The Hall–Kier alpha value is -1.96. The molecule has 1 N–H and O–H groups in total. The van der Waals surface area contributed by atoms with E-state index in [1.54, 1.807) is 18.3 Å². The van der Waals surface area contributed by atoms with Gasteiger partial charge in [-0.1, -0.05) is 4.40 Å². The molecular weight excluding hydrogens is 377 g/mol. The summed E-state index contributed by atoms with van der Waals surface area (Å²) in [5.41, 5.74) is 2.21. The Labute approximate surface area is 167 Å². The van der Waals surface area contributed by atoms with Crippen molar-refractivity contribution in [3.63, 3.8) is 0 Å². The first-order valence-electron chi connectivity index (χ1n) is 9.43. The normalized spacial score (nSPS) is 25.0. The number of rotatable bonds is 5. The van der Waals surface area contributed by atoms with Crippen molar-refractivity contribution in [2.75, 3.05) is 13.1 Å². The monoisotopic (exact) mass is 401 g/mol. The van der Waals surface area contributed by atoms with Gasteiger partial charge in [0.05, 0.1) is 11.9 Å². The Bertz CT molecular complexity index is 872. The molecule has 0 radical (unpaired) electrons. The van der Waals surface area contributed by atoms with Crippen LogP contribution < -0.4 is 10.1 Å². The number of piperidine rings is 1. The Morgan fingerprint density at radius 1 is 1.21 bits per heavy atom. The van der Waals surface area contributed by atoms with E-state index in [0.717, 1.165) is 24.2 Å². The van der Waals surface area contributed by atoms with Crippen molar-refractivity contribution in [3.05, 3.63) is 47.8 Å². The largest absolute Gasteiger partial charge is 0.591 e. The molecule has 1 saturated heterocycles. The molecule has 148 valence electrons. The van der Waals surface area contributed by atoms with Crippen LogP contribution in [0, 0.1) is 17.7 Å². The zero-order chi connectivity index (χ0) is 19.9. The predicted octanol–water partition coefficient (Wildman–Crippen LogP) is 3.37. The molecule has 1 aromatic carbocycles. The van der Waals surface area contributed by atoms with Gasteiger partial charge >= 0.3 is 0 Å². The molecule has 2 aliphatic rings. The van der Waals surface area contributed by atoms with Gasteiger partial charge < -0.3 is 14.6 Å². The standard InChI is InChI=1S/C21H24FN3O2S/c1-21(2,3)28(26)24-10-13-8-18(14-4-6-15(22)7-5-14)25-19(9-13)27-20-16-11-23-12-17(16)20/h4-10,16-17,20,23H,11-12H2,1-3H3/t16-,17+,20?,28?. The van der Waals surface area contributed by atoms with Gasteiger partial charge in [-0.2, -0.15) is 0 Å². The van der Waals surface area contributed by atoms with Crippen molar-refractivity contribution in [1.82, 2.24) is 10.3 Å². The minimum Gasteiger partial charge on any atom is -0.591 e. The fourth-order valence-corrected chi connectivity index (χ4v) is 3.91. The first-order chi connectivity index (χ1) is 13.3. The number of nitrogens with zero attached hydrogens (tertiary/aromatic N) is 2. The van der Waals surface area contributed by atoms with Crippen LogP contribution in [0.3, 0.4) is 0 Å². The summed E-state index contributed by atoms with van der Waals surface area (Å²) in [5.74, 6) is 1.31. The quantitative estimate of drug-likeness (QED) is 0.616. The van der Waals surface area contributed by atoms with Crippen molar-refractivity contribution in [2.24, 2.45) is 16.2 Å². The van der Waals surface area contributed by atoms with Crippen LogP contribution in [0.4, 0.5) is 4.39 Å². The third-order valence-corrected chi connectivity index (χ3v) is 6.40. The van der Waals surface area contributed by atoms with E-state index in [1.165, 1.54) is 12.1 Å². The van der Waals surface area contributed by atoms with Crippen LogP contribution in [-0.4, -0.2) is 39.7 Å². The highest BCUT2D eigenvalue weighted by Gasteiger charge is 2.55. The number of benzene rings is 1. The minimum atomic E-state index is -1.35. The Balaban J connectivity index is 1.62. The third kappa shape index (κ3) is 4.21. The SMILES string of the molecule is CC(C)(C)[S+]([O-])N=Cc1cc(OC2[C@H]3CNC[C@@H]23)nc(-c2ccc(F)cc2)c1. The molecule has 0 bridgehead atoms. The molecule has 1 aliphatic heterocycles. The van der Waals surface area contributed by atoms with Gasteiger partial charge in [-0.15, -0.1) is 0 Å². The third-order valence-electron chi connectivity index (χ3n) is 5.06. The fraction of sp³-hybridized carbons (Fsp3) is 0.429. The highest BCUT2D eigenvalue weighted by molar-refractivity contribution is 7.91. The van der Waals surface area contributed by atoms with Crippen molar-refractivity contribution in [1.29, 1.82) is 0 Å². The first-order valence-corrected chi connectivity index (χ1v) is 10.5. The van der Waals surface area contributed by atoms with Crippen LogP contribution in [-0.2, 0) is 11.4 Å². The lowest BCUT2D eigenvalue weighted by atomic mass is 10.1. The maximum Gasteiger partial charge on any atom is 0.214 e. The number of hydrogen-bond acceptors (Lipinski definition) is 5. The molecule has 2 unspecified atom stereocenters. The summed E-state index contributed by atoms with van der Waals surface area (Å²) < 4.78 is 35.4. The van der Waals surface area contributed by atoms with Gasteiger partial charge in [0.1, 0.15) is 28.0 Å². The number of fused-ring (bicyclic) bond motifs is 1. The number of aromatic nitrogens is 1. The topological polar surface area (TPSA) is 69.6 Å². The molecule has 2 aromatic rings. The fourth-order valence-electron chi connectivity index (χ4n) is 3.37. The van der Waals surface area contributed by atoms with Crippen molar-refractivity contribution in [2.45, 2.75) is 31.6 Å². The summed E-state index contributed by atoms with van der Waals surface area (Å²) in [5, 5.41) is 3.35. The van der Waals surface area contributed by atoms with Crippen LogP contribution in [0.1, 0.15) is 26.3 Å². The van der Waals surface area contributed by atoms with Crippen molar-refractivity contribution in [3.8, 4) is 17.1 Å². The molecule has 28 heavy (non-hydrogen) atoms. The summed E-state index contributed by atoms with van der Waals surface area (Å²) in [4.78, 5) is 4.61. The lowest BCUT2D eigenvalue weighted by Gasteiger charge is -2.17. The second-order valence-corrected chi connectivity index (χ2v) is 10.2. The predicted molar refractivity (Wildman–Crippen MR) is 109 cm³/mol. The number of nitrogens with one attached hydrogen (secondary N) is 1. The zero-order valence-corrected chi connectivity index (χ0v) is 17.0. The van der Waals surface area contributed by atoms with E-state index in [2.05, 4.69) is 14.7 Å². The molecule has 4 rings (SSSR count). The molecule has 0 amide bonds. The molecule has 4 atom stereocenters. The van der Waals surface area contributed by atoms with Crippen molar-refractivity contribution >= 4 is 17.6 Å². The lowest BCUT2D eigenvalue weighted by molar-refractivity contribution is 0.252. The zero-order valence-electron chi connectivity index (χ0n) is 16.2. The van der Waals surface area contributed by atoms with Crippen molar-refractivity contribution < 1.29 is 13.7 Å². The molecule has 2 fully saturated rings. The van der Waals surface area contributed by atoms with Gasteiger partial charge in [-0.3, -0.25) is 0 Å². The first kappa shape index (κ1) is 19.4. The van der Waals surface area contributed by atoms with E-state index in [4.69, 9.17) is 4.74 Å². The summed E-state index contributed by atoms with van der Waals surface area (Å²) in [7, 11) is 0. The van der Waals surface area contributed by atoms with E-state index < -0.39 is 16.1 Å². The average molecular weight is 402 g/mol. The van der Waals surface area contributed by atoms with Gasteiger partial charge in [0, 0.05) is 42.1 Å². The van der Waals surface area contributed by atoms with Gasteiger partial charge in [-0.25, -0.2) is 9.37 Å². The van der Waals surface area contributed by atoms with E-state index in [9.17, 15) is 8.94 Å². The highest BCUT2D eigenvalue weighted by Crippen LogP contribution is 2.44. The van der Waals surface area contributed by atoms with Gasteiger partial charge in [0.2, 0.25) is 5.88 Å². The second-order valence-electron chi connectivity index (χ2n) is 8.30. The van der Waals surface area contributed by atoms with Crippen LogP contribution in [0.15, 0.2) is 40.8 Å². The molecule has 0 spiro atoms. The summed E-state index contributed by atoms with van der Waals surface area (Å²) in [6.45, 7) is 7.60. The minimum absolute atomic E-state index is 0.186. The number of pyridine rings is 1. The molecule has 1 aliphatic carbocycles. The van der Waals surface area contributed by atoms with E-state index in [-0.39, 0.29) is 11.9 Å². The molecule has 1 saturated carbocycles. The second kappa shape index (κ2) is 7.46. The lowest BCUT2D eigenvalue weighted by Crippen LogP contribution is -2.25. The van der Waals surface area contributed by atoms with Crippen LogP contribution in [0.25, 0.3) is 11.3 Å². The van der Waals surface area contributed by atoms with Crippen LogP contribution >= 0.6 is 0 Å².